The normalized spacial score (nSPS) is 22.7. The molecular formula is C7H6FNO. The molecule has 0 amide bonds. The average Bonchev–Trinajstić information content (AvgIpc) is 2.68. The highest BCUT2D eigenvalue weighted by molar-refractivity contribution is 5.16. The van der Waals surface area contributed by atoms with E-state index in [0.717, 1.165) is 5.56 Å². The largest absolute Gasteiger partial charge is 0.368 e. The zero-order valence-corrected chi connectivity index (χ0v) is 5.25. The van der Waals surface area contributed by atoms with E-state index in [1.54, 1.807) is 6.20 Å². The first-order valence-electron chi connectivity index (χ1n) is 3.08. The van der Waals surface area contributed by atoms with E-state index >= 15 is 0 Å². The van der Waals surface area contributed by atoms with Crippen molar-refractivity contribution in [2.24, 2.45) is 0 Å². The number of nitrogens with zero attached hydrogens (tertiary/aromatic N) is 1. The van der Waals surface area contributed by atoms with Crippen LogP contribution in [0, 0.1) is 5.82 Å². The van der Waals surface area contributed by atoms with Crippen molar-refractivity contribution in [2.45, 2.75) is 6.10 Å². The molecule has 0 saturated carbocycles. The van der Waals surface area contributed by atoms with Gasteiger partial charge in [0.15, 0.2) is 0 Å². The Bertz CT molecular complexity index is 247. The van der Waals surface area contributed by atoms with Gasteiger partial charge in [-0.05, 0) is 6.07 Å². The summed E-state index contributed by atoms with van der Waals surface area (Å²) in [4.78, 5) is 3.69. The fourth-order valence-corrected chi connectivity index (χ4v) is 0.845. The van der Waals surface area contributed by atoms with Gasteiger partial charge in [0, 0.05) is 11.8 Å². The number of ether oxygens (including phenoxy) is 1. The molecule has 1 aromatic heterocycles. The molecule has 0 bridgehead atoms. The first-order chi connectivity index (χ1) is 4.86. The van der Waals surface area contributed by atoms with Crippen LogP contribution >= 0.6 is 0 Å². The summed E-state index contributed by atoms with van der Waals surface area (Å²) in [6.07, 6.45) is 2.91. The topological polar surface area (TPSA) is 25.4 Å². The number of rotatable bonds is 1. The van der Waals surface area contributed by atoms with Gasteiger partial charge in [-0.3, -0.25) is 4.98 Å². The van der Waals surface area contributed by atoms with Crippen molar-refractivity contribution in [1.29, 1.82) is 0 Å². The third-order valence-corrected chi connectivity index (χ3v) is 1.43. The van der Waals surface area contributed by atoms with Crippen molar-refractivity contribution >= 4 is 0 Å². The first kappa shape index (κ1) is 5.80. The molecule has 0 spiro atoms. The molecule has 1 fully saturated rings. The molecule has 2 heterocycles. The maximum absolute atomic E-state index is 12.4. The van der Waals surface area contributed by atoms with Crippen molar-refractivity contribution in [3.63, 3.8) is 0 Å². The minimum Gasteiger partial charge on any atom is -0.368 e. The van der Waals surface area contributed by atoms with E-state index in [4.69, 9.17) is 4.74 Å². The average molecular weight is 139 g/mol. The second-order valence-electron chi connectivity index (χ2n) is 2.26. The molecule has 1 aromatic rings. The zero-order chi connectivity index (χ0) is 6.97. The molecule has 0 N–H and O–H groups in total. The van der Waals surface area contributed by atoms with Gasteiger partial charge in [-0.15, -0.1) is 0 Å². The van der Waals surface area contributed by atoms with Gasteiger partial charge in [-0.2, -0.15) is 0 Å². The molecule has 1 aliphatic rings. The molecule has 0 aromatic carbocycles. The monoisotopic (exact) mass is 139 g/mol. The maximum atomic E-state index is 12.4. The SMILES string of the molecule is Fc1cncc(C2CO2)c1. The van der Waals surface area contributed by atoms with Crippen LogP contribution < -0.4 is 0 Å². The molecule has 1 saturated heterocycles. The van der Waals surface area contributed by atoms with Crippen LogP contribution in [0.3, 0.4) is 0 Å². The smallest absolute Gasteiger partial charge is 0.141 e. The summed E-state index contributed by atoms with van der Waals surface area (Å²) in [6, 6.07) is 1.45. The molecule has 1 unspecified atom stereocenters. The van der Waals surface area contributed by atoms with Crippen molar-refractivity contribution in [3.8, 4) is 0 Å². The lowest BCUT2D eigenvalue weighted by Crippen LogP contribution is -1.84. The first-order valence-corrected chi connectivity index (χ1v) is 3.08. The second-order valence-corrected chi connectivity index (χ2v) is 2.26. The predicted molar refractivity (Wildman–Crippen MR) is 32.9 cm³/mol. The number of aromatic nitrogens is 1. The van der Waals surface area contributed by atoms with Gasteiger partial charge in [0.25, 0.3) is 0 Å². The van der Waals surface area contributed by atoms with Crippen LogP contribution in [0.4, 0.5) is 4.39 Å². The number of halogens is 1. The second kappa shape index (κ2) is 2.02. The molecule has 2 rings (SSSR count). The Morgan fingerprint density at radius 3 is 3.00 bits per heavy atom. The zero-order valence-electron chi connectivity index (χ0n) is 5.25. The Hall–Kier alpha value is -0.960. The lowest BCUT2D eigenvalue weighted by atomic mass is 10.2. The summed E-state index contributed by atoms with van der Waals surface area (Å²) in [5, 5.41) is 0. The van der Waals surface area contributed by atoms with Gasteiger partial charge in [0.05, 0.1) is 12.8 Å². The highest BCUT2D eigenvalue weighted by Gasteiger charge is 2.25. The lowest BCUT2D eigenvalue weighted by molar-refractivity contribution is 0.414. The summed E-state index contributed by atoms with van der Waals surface area (Å²) in [7, 11) is 0. The summed E-state index contributed by atoms with van der Waals surface area (Å²) in [6.45, 7) is 0.700. The number of pyridine rings is 1. The minimum absolute atomic E-state index is 0.100. The van der Waals surface area contributed by atoms with Crippen LogP contribution in [0.1, 0.15) is 11.7 Å². The quantitative estimate of drug-likeness (QED) is 0.548. The molecule has 0 radical (unpaired) electrons. The molecule has 10 heavy (non-hydrogen) atoms. The predicted octanol–water partition coefficient (Wildman–Crippen LogP) is 1.29. The fraction of sp³-hybridized carbons (Fsp3) is 0.286. The maximum Gasteiger partial charge on any atom is 0.141 e. The lowest BCUT2D eigenvalue weighted by Gasteiger charge is -1.91. The Balaban J connectivity index is 2.32. The Morgan fingerprint density at radius 1 is 1.60 bits per heavy atom. The molecule has 52 valence electrons. The molecule has 2 nitrogen and oxygen atoms in total. The highest BCUT2D eigenvalue weighted by Crippen LogP contribution is 2.28. The molecule has 1 atom stereocenters. The number of hydrogen-bond acceptors (Lipinski definition) is 2. The minimum atomic E-state index is -0.298. The highest BCUT2D eigenvalue weighted by atomic mass is 19.1. The standard InChI is InChI=1S/C7H6FNO/c8-6-1-5(2-9-3-6)7-4-10-7/h1-3,7H,4H2. The van der Waals surface area contributed by atoms with E-state index in [9.17, 15) is 4.39 Å². The van der Waals surface area contributed by atoms with Crippen molar-refractivity contribution in [1.82, 2.24) is 4.98 Å². The van der Waals surface area contributed by atoms with E-state index in [-0.39, 0.29) is 11.9 Å². The van der Waals surface area contributed by atoms with E-state index in [1.807, 2.05) is 0 Å². The third-order valence-electron chi connectivity index (χ3n) is 1.43. The van der Waals surface area contributed by atoms with Gasteiger partial charge in [0.2, 0.25) is 0 Å². The van der Waals surface area contributed by atoms with Gasteiger partial charge in [-0.1, -0.05) is 0 Å². The van der Waals surface area contributed by atoms with Crippen LogP contribution in [-0.4, -0.2) is 11.6 Å². The van der Waals surface area contributed by atoms with Crippen molar-refractivity contribution < 1.29 is 9.13 Å². The molecular weight excluding hydrogens is 133 g/mol. The Labute approximate surface area is 57.7 Å². The fourth-order valence-electron chi connectivity index (χ4n) is 0.845. The van der Waals surface area contributed by atoms with Gasteiger partial charge < -0.3 is 4.74 Å². The van der Waals surface area contributed by atoms with Crippen LogP contribution in [0.25, 0.3) is 0 Å². The van der Waals surface area contributed by atoms with Gasteiger partial charge in [0.1, 0.15) is 11.9 Å². The van der Waals surface area contributed by atoms with Gasteiger partial charge in [-0.25, -0.2) is 4.39 Å². The van der Waals surface area contributed by atoms with Crippen molar-refractivity contribution in [3.05, 3.63) is 29.8 Å². The summed E-state index contributed by atoms with van der Waals surface area (Å²) >= 11 is 0. The summed E-state index contributed by atoms with van der Waals surface area (Å²) in [5.41, 5.74) is 0.833. The molecule has 1 aliphatic heterocycles. The van der Waals surface area contributed by atoms with E-state index in [2.05, 4.69) is 4.98 Å². The van der Waals surface area contributed by atoms with Crippen molar-refractivity contribution in [2.75, 3.05) is 6.61 Å². The van der Waals surface area contributed by atoms with Crippen LogP contribution in [-0.2, 0) is 4.74 Å². The third kappa shape index (κ3) is 0.998. The van der Waals surface area contributed by atoms with Crippen LogP contribution in [0.5, 0.6) is 0 Å². The van der Waals surface area contributed by atoms with E-state index in [1.165, 1.54) is 12.3 Å². The summed E-state index contributed by atoms with van der Waals surface area (Å²) in [5.74, 6) is -0.298. The Kier molecular flexibility index (Phi) is 1.17. The van der Waals surface area contributed by atoms with E-state index < -0.39 is 0 Å². The van der Waals surface area contributed by atoms with E-state index in [0.29, 0.717) is 6.61 Å². The number of hydrogen-bond donors (Lipinski definition) is 0. The van der Waals surface area contributed by atoms with Gasteiger partial charge >= 0.3 is 0 Å². The molecule has 3 heteroatoms. The Morgan fingerprint density at radius 2 is 2.40 bits per heavy atom. The number of epoxide rings is 1. The molecule has 0 aliphatic carbocycles. The van der Waals surface area contributed by atoms with Crippen LogP contribution in [0.2, 0.25) is 0 Å². The van der Waals surface area contributed by atoms with Crippen LogP contribution in [0.15, 0.2) is 18.5 Å². The summed E-state index contributed by atoms with van der Waals surface area (Å²) < 4.78 is 17.4.